The number of rotatable bonds is 4. The van der Waals surface area contributed by atoms with E-state index in [1.54, 1.807) is 20.0 Å². The Kier molecular flexibility index (Phi) is 3.72. The van der Waals surface area contributed by atoms with Gasteiger partial charge in [0.05, 0.1) is 12.7 Å². The highest BCUT2D eigenvalue weighted by Gasteiger charge is 2.16. The Morgan fingerprint density at radius 2 is 2.00 bits per heavy atom. The van der Waals surface area contributed by atoms with E-state index in [2.05, 4.69) is 10.3 Å². The maximum Gasteiger partial charge on any atom is 0.208 e. The molecule has 0 radical (unpaired) electrons. The number of halogens is 2. The summed E-state index contributed by atoms with van der Waals surface area (Å²) in [5, 5.41) is 2.97. The van der Waals surface area contributed by atoms with E-state index < -0.39 is 17.7 Å². The van der Waals surface area contributed by atoms with Crippen molar-refractivity contribution in [3.8, 4) is 0 Å². The Hall–Kier alpha value is -1.75. The summed E-state index contributed by atoms with van der Waals surface area (Å²) in [6.07, 6.45) is 1.60. The lowest BCUT2D eigenvalue weighted by Crippen LogP contribution is -2.20. The van der Waals surface area contributed by atoms with E-state index in [9.17, 15) is 8.78 Å². The lowest BCUT2D eigenvalue weighted by molar-refractivity contribution is 0.420. The van der Waals surface area contributed by atoms with Gasteiger partial charge in [-0.1, -0.05) is 6.07 Å². The van der Waals surface area contributed by atoms with Gasteiger partial charge in [-0.2, -0.15) is 0 Å². The third kappa shape index (κ3) is 2.73. The Balaban J connectivity index is 2.06. The van der Waals surface area contributed by atoms with Crippen molar-refractivity contribution in [1.29, 1.82) is 0 Å². The summed E-state index contributed by atoms with van der Waals surface area (Å²) < 4.78 is 32.3. The number of hydrogen-bond donors (Lipinski definition) is 1. The standard InChI is InChI=1S/C13H14F2N2O/c1-8-6-17-12(18-8)7-16-9(2)13-10(14)4-3-5-11(13)15/h3-6,9,16H,7H2,1-2H3. The normalized spacial score (nSPS) is 12.7. The molecule has 0 aliphatic rings. The van der Waals surface area contributed by atoms with Gasteiger partial charge in [0.2, 0.25) is 5.89 Å². The molecule has 96 valence electrons. The molecule has 0 saturated heterocycles. The van der Waals surface area contributed by atoms with Crippen molar-refractivity contribution in [3.05, 3.63) is 53.2 Å². The van der Waals surface area contributed by atoms with Gasteiger partial charge in [0.1, 0.15) is 17.4 Å². The number of benzene rings is 1. The molecule has 5 heteroatoms. The summed E-state index contributed by atoms with van der Waals surface area (Å²) >= 11 is 0. The highest BCUT2D eigenvalue weighted by Crippen LogP contribution is 2.20. The van der Waals surface area contributed by atoms with Gasteiger partial charge in [-0.05, 0) is 26.0 Å². The minimum atomic E-state index is -0.557. The molecule has 3 nitrogen and oxygen atoms in total. The van der Waals surface area contributed by atoms with Crippen LogP contribution in [0.4, 0.5) is 8.78 Å². The van der Waals surface area contributed by atoms with Crippen LogP contribution in [-0.4, -0.2) is 4.98 Å². The quantitative estimate of drug-likeness (QED) is 0.908. The third-order valence-corrected chi connectivity index (χ3v) is 2.66. The predicted molar refractivity (Wildman–Crippen MR) is 62.9 cm³/mol. The first-order chi connectivity index (χ1) is 8.58. The van der Waals surface area contributed by atoms with Crippen LogP contribution in [0.5, 0.6) is 0 Å². The second kappa shape index (κ2) is 5.27. The zero-order valence-electron chi connectivity index (χ0n) is 10.2. The van der Waals surface area contributed by atoms with Crippen molar-refractivity contribution in [1.82, 2.24) is 10.3 Å². The van der Waals surface area contributed by atoms with Crippen molar-refractivity contribution >= 4 is 0 Å². The molecule has 1 atom stereocenters. The fraction of sp³-hybridized carbons (Fsp3) is 0.308. The van der Waals surface area contributed by atoms with Crippen LogP contribution in [-0.2, 0) is 6.54 Å². The molecule has 0 bridgehead atoms. The van der Waals surface area contributed by atoms with Crippen molar-refractivity contribution < 1.29 is 13.2 Å². The number of nitrogens with one attached hydrogen (secondary N) is 1. The van der Waals surface area contributed by atoms with Crippen molar-refractivity contribution in [3.63, 3.8) is 0 Å². The SMILES string of the molecule is Cc1cnc(CNC(C)c2c(F)cccc2F)o1. The van der Waals surface area contributed by atoms with E-state index in [0.717, 1.165) is 0 Å². The fourth-order valence-electron chi connectivity index (χ4n) is 1.75. The summed E-state index contributed by atoms with van der Waals surface area (Å²) in [7, 11) is 0. The van der Waals surface area contributed by atoms with Crippen LogP contribution in [0, 0.1) is 18.6 Å². The van der Waals surface area contributed by atoms with Gasteiger partial charge >= 0.3 is 0 Å². The van der Waals surface area contributed by atoms with Gasteiger partial charge in [0, 0.05) is 11.6 Å². The number of hydrogen-bond acceptors (Lipinski definition) is 3. The maximum atomic E-state index is 13.5. The third-order valence-electron chi connectivity index (χ3n) is 2.66. The number of aromatic nitrogens is 1. The van der Waals surface area contributed by atoms with E-state index in [-0.39, 0.29) is 5.56 Å². The van der Waals surface area contributed by atoms with Gasteiger partial charge in [-0.3, -0.25) is 0 Å². The number of nitrogens with zero attached hydrogens (tertiary/aromatic N) is 1. The second-order valence-electron chi connectivity index (χ2n) is 4.10. The van der Waals surface area contributed by atoms with E-state index in [1.807, 2.05) is 0 Å². The summed E-state index contributed by atoms with van der Waals surface area (Å²) in [5.41, 5.74) is 0.0285. The highest BCUT2D eigenvalue weighted by atomic mass is 19.1. The largest absolute Gasteiger partial charge is 0.445 e. The molecule has 1 aromatic heterocycles. The number of aryl methyl sites for hydroxylation is 1. The Morgan fingerprint density at radius 3 is 2.56 bits per heavy atom. The lowest BCUT2D eigenvalue weighted by Gasteiger charge is -2.14. The fourth-order valence-corrected chi connectivity index (χ4v) is 1.75. The summed E-state index contributed by atoms with van der Waals surface area (Å²) in [6.45, 7) is 3.80. The summed E-state index contributed by atoms with van der Waals surface area (Å²) in [6, 6.07) is 3.37. The zero-order valence-corrected chi connectivity index (χ0v) is 10.2. The molecule has 0 aliphatic carbocycles. The van der Waals surface area contributed by atoms with Crippen LogP contribution < -0.4 is 5.32 Å². The molecule has 1 N–H and O–H groups in total. The molecule has 1 aromatic carbocycles. The lowest BCUT2D eigenvalue weighted by atomic mass is 10.1. The minimum absolute atomic E-state index is 0.0285. The topological polar surface area (TPSA) is 38.1 Å². The summed E-state index contributed by atoms with van der Waals surface area (Å²) in [5.74, 6) is 0.0878. The number of oxazole rings is 1. The van der Waals surface area contributed by atoms with E-state index in [0.29, 0.717) is 18.2 Å². The smallest absolute Gasteiger partial charge is 0.208 e. The second-order valence-corrected chi connectivity index (χ2v) is 4.10. The van der Waals surface area contributed by atoms with Gasteiger partial charge < -0.3 is 9.73 Å². The molecule has 18 heavy (non-hydrogen) atoms. The molecular formula is C13H14F2N2O. The first-order valence-corrected chi connectivity index (χ1v) is 5.66. The van der Waals surface area contributed by atoms with E-state index >= 15 is 0 Å². The molecule has 0 amide bonds. The Bertz CT molecular complexity index is 519. The van der Waals surface area contributed by atoms with Gasteiger partial charge in [-0.15, -0.1) is 0 Å². The Morgan fingerprint density at radius 1 is 1.33 bits per heavy atom. The van der Waals surface area contributed by atoms with Gasteiger partial charge in [0.15, 0.2) is 0 Å². The monoisotopic (exact) mass is 252 g/mol. The van der Waals surface area contributed by atoms with Crippen LogP contribution in [0.3, 0.4) is 0 Å². The molecule has 1 unspecified atom stereocenters. The van der Waals surface area contributed by atoms with E-state index in [1.165, 1.54) is 18.2 Å². The van der Waals surface area contributed by atoms with Crippen LogP contribution >= 0.6 is 0 Å². The minimum Gasteiger partial charge on any atom is -0.445 e. The highest BCUT2D eigenvalue weighted by molar-refractivity contribution is 5.22. The molecule has 0 saturated carbocycles. The maximum absolute atomic E-state index is 13.5. The Labute approximate surface area is 104 Å². The molecular weight excluding hydrogens is 238 g/mol. The molecule has 2 aromatic rings. The van der Waals surface area contributed by atoms with Crippen LogP contribution in [0.15, 0.2) is 28.8 Å². The molecule has 2 rings (SSSR count). The average molecular weight is 252 g/mol. The van der Waals surface area contributed by atoms with Crippen LogP contribution in [0.1, 0.15) is 30.2 Å². The summed E-state index contributed by atoms with van der Waals surface area (Å²) in [4.78, 5) is 4.01. The first kappa shape index (κ1) is 12.7. The van der Waals surface area contributed by atoms with Crippen LogP contribution in [0.25, 0.3) is 0 Å². The average Bonchev–Trinajstić information content (AvgIpc) is 2.72. The van der Waals surface area contributed by atoms with Crippen molar-refractivity contribution in [2.24, 2.45) is 0 Å². The predicted octanol–water partition coefficient (Wildman–Crippen LogP) is 3.11. The van der Waals surface area contributed by atoms with Crippen LogP contribution in [0.2, 0.25) is 0 Å². The van der Waals surface area contributed by atoms with Gasteiger partial charge in [-0.25, -0.2) is 13.8 Å². The zero-order chi connectivity index (χ0) is 13.1. The van der Waals surface area contributed by atoms with Crippen molar-refractivity contribution in [2.75, 3.05) is 0 Å². The molecule has 0 aliphatic heterocycles. The van der Waals surface area contributed by atoms with Gasteiger partial charge in [0.25, 0.3) is 0 Å². The molecule has 0 spiro atoms. The molecule has 1 heterocycles. The van der Waals surface area contributed by atoms with E-state index in [4.69, 9.17) is 4.42 Å². The first-order valence-electron chi connectivity index (χ1n) is 5.66. The van der Waals surface area contributed by atoms with Crippen molar-refractivity contribution in [2.45, 2.75) is 26.4 Å². The molecule has 0 fully saturated rings.